The molecule has 2 unspecified atom stereocenters. The minimum Gasteiger partial charge on any atom is -0.379 e. The molecule has 0 saturated heterocycles. The van der Waals surface area contributed by atoms with Crippen molar-refractivity contribution >= 4 is 0 Å². The van der Waals surface area contributed by atoms with E-state index in [1.165, 1.54) is 83.5 Å². The fourth-order valence-electron chi connectivity index (χ4n) is 4.07. The molecule has 2 heteroatoms. The highest BCUT2D eigenvalue weighted by molar-refractivity contribution is 4.71. The summed E-state index contributed by atoms with van der Waals surface area (Å²) in [5, 5.41) is 0. The fourth-order valence-corrected chi connectivity index (χ4v) is 4.07. The summed E-state index contributed by atoms with van der Waals surface area (Å²) in [6, 6.07) is 0. The lowest BCUT2D eigenvalue weighted by Gasteiger charge is -2.18. The van der Waals surface area contributed by atoms with Crippen LogP contribution < -0.4 is 0 Å². The lowest BCUT2D eigenvalue weighted by atomic mass is 9.95. The molecule has 0 aromatic rings. The molecule has 2 aliphatic carbocycles. The monoisotopic (exact) mass is 296 g/mol. The van der Waals surface area contributed by atoms with Crippen LogP contribution in [-0.4, -0.2) is 25.4 Å². The van der Waals surface area contributed by atoms with E-state index in [1.54, 1.807) is 0 Å². The highest BCUT2D eigenvalue weighted by Crippen LogP contribution is 2.28. The molecule has 0 heterocycles. The lowest BCUT2D eigenvalue weighted by Crippen LogP contribution is -2.13. The van der Waals surface area contributed by atoms with E-state index in [-0.39, 0.29) is 0 Å². The minimum absolute atomic E-state index is 0.544. The van der Waals surface area contributed by atoms with Gasteiger partial charge in [-0.15, -0.1) is 0 Å². The summed E-state index contributed by atoms with van der Waals surface area (Å²) < 4.78 is 11.9. The molecule has 2 atom stereocenters. The predicted octanol–water partition coefficient (Wildman–Crippen LogP) is 5.49. The first-order valence-corrected chi connectivity index (χ1v) is 9.61. The summed E-state index contributed by atoms with van der Waals surface area (Å²) in [7, 11) is 0. The Morgan fingerprint density at radius 1 is 0.714 bits per heavy atom. The minimum atomic E-state index is 0.544. The third kappa shape index (κ3) is 7.15. The third-order valence-corrected chi connectivity index (χ3v) is 5.35. The smallest absolute Gasteiger partial charge is 0.0575 e. The fraction of sp³-hybridized carbons (Fsp3) is 1.00. The maximum Gasteiger partial charge on any atom is 0.0575 e. The van der Waals surface area contributed by atoms with E-state index >= 15 is 0 Å². The average Bonchev–Trinajstić information content (AvgIpc) is 2.87. The van der Waals surface area contributed by atoms with Crippen LogP contribution in [0.2, 0.25) is 0 Å². The van der Waals surface area contributed by atoms with Crippen molar-refractivity contribution in [3.8, 4) is 0 Å². The van der Waals surface area contributed by atoms with E-state index in [9.17, 15) is 0 Å². The first kappa shape index (κ1) is 17.3. The van der Waals surface area contributed by atoms with E-state index in [1.807, 2.05) is 0 Å². The van der Waals surface area contributed by atoms with Crippen LogP contribution >= 0.6 is 0 Å². The second-order valence-corrected chi connectivity index (χ2v) is 7.08. The van der Waals surface area contributed by atoms with Crippen LogP contribution in [0.1, 0.15) is 90.4 Å². The lowest BCUT2D eigenvalue weighted by molar-refractivity contribution is 0.0383. The van der Waals surface area contributed by atoms with Crippen molar-refractivity contribution in [3.05, 3.63) is 0 Å². The number of hydrogen-bond acceptors (Lipinski definition) is 2. The summed E-state index contributed by atoms with van der Waals surface area (Å²) in [6.07, 6.45) is 18.7. The van der Waals surface area contributed by atoms with E-state index in [4.69, 9.17) is 9.47 Å². The van der Waals surface area contributed by atoms with Gasteiger partial charge in [-0.2, -0.15) is 0 Å². The summed E-state index contributed by atoms with van der Waals surface area (Å²) >= 11 is 0. The third-order valence-electron chi connectivity index (χ3n) is 5.35. The molecule has 21 heavy (non-hydrogen) atoms. The van der Waals surface area contributed by atoms with Crippen LogP contribution in [-0.2, 0) is 9.47 Å². The zero-order chi connectivity index (χ0) is 14.8. The number of rotatable bonds is 7. The molecule has 2 nitrogen and oxygen atoms in total. The second kappa shape index (κ2) is 10.6. The van der Waals surface area contributed by atoms with E-state index in [0.29, 0.717) is 12.2 Å². The molecule has 124 valence electrons. The molecule has 0 bridgehead atoms. The number of hydrogen-bond donors (Lipinski definition) is 0. The van der Waals surface area contributed by atoms with E-state index in [0.717, 1.165) is 19.1 Å². The van der Waals surface area contributed by atoms with Crippen LogP contribution in [0.25, 0.3) is 0 Å². The Bertz CT molecular complexity index is 246. The topological polar surface area (TPSA) is 18.5 Å². The summed E-state index contributed by atoms with van der Waals surface area (Å²) in [5.41, 5.74) is 0. The van der Waals surface area contributed by atoms with Crippen LogP contribution in [0.4, 0.5) is 0 Å². The summed E-state index contributed by atoms with van der Waals surface area (Å²) in [5.74, 6) is 0.924. The van der Waals surface area contributed by atoms with Crippen molar-refractivity contribution in [2.75, 3.05) is 13.2 Å². The van der Waals surface area contributed by atoms with E-state index < -0.39 is 0 Å². The van der Waals surface area contributed by atoms with E-state index in [2.05, 4.69) is 6.92 Å². The van der Waals surface area contributed by atoms with Crippen molar-refractivity contribution in [1.82, 2.24) is 0 Å². The van der Waals surface area contributed by atoms with Crippen LogP contribution in [0.3, 0.4) is 0 Å². The molecule has 0 aliphatic heterocycles. The first-order chi connectivity index (χ1) is 10.4. The molecule has 0 spiro atoms. The Kier molecular flexibility index (Phi) is 8.73. The van der Waals surface area contributed by atoms with Gasteiger partial charge in [0, 0.05) is 13.2 Å². The van der Waals surface area contributed by atoms with Crippen LogP contribution in [0.5, 0.6) is 0 Å². The van der Waals surface area contributed by atoms with Gasteiger partial charge in [0.15, 0.2) is 0 Å². The van der Waals surface area contributed by atoms with Gasteiger partial charge in [0.2, 0.25) is 0 Å². The van der Waals surface area contributed by atoms with Gasteiger partial charge in [0.25, 0.3) is 0 Å². The Balaban J connectivity index is 1.53. The maximum atomic E-state index is 6.12. The molecular formula is C19H36O2. The standard InChI is InChI=1S/C19H36O2/c1-2-20-19-13-7-9-17(14-15-19)10-8-16-21-18-11-5-3-4-6-12-18/h17-19H,2-16H2,1H3. The molecule has 2 aliphatic rings. The second-order valence-electron chi connectivity index (χ2n) is 7.08. The molecule has 2 rings (SSSR count). The van der Waals surface area contributed by atoms with Gasteiger partial charge >= 0.3 is 0 Å². The molecule has 0 amide bonds. The van der Waals surface area contributed by atoms with Gasteiger partial charge in [-0.3, -0.25) is 0 Å². The van der Waals surface area contributed by atoms with Gasteiger partial charge < -0.3 is 9.47 Å². The Hall–Kier alpha value is -0.0800. The largest absolute Gasteiger partial charge is 0.379 e. The van der Waals surface area contributed by atoms with Crippen LogP contribution in [0.15, 0.2) is 0 Å². The quantitative estimate of drug-likeness (QED) is 0.457. The van der Waals surface area contributed by atoms with Crippen molar-refractivity contribution in [1.29, 1.82) is 0 Å². The average molecular weight is 296 g/mol. The Morgan fingerprint density at radius 2 is 1.43 bits per heavy atom. The van der Waals surface area contributed by atoms with Gasteiger partial charge in [-0.1, -0.05) is 38.5 Å². The predicted molar refractivity (Wildman–Crippen MR) is 88.7 cm³/mol. The molecule has 0 aromatic carbocycles. The molecule has 2 saturated carbocycles. The highest BCUT2D eigenvalue weighted by atomic mass is 16.5. The summed E-state index contributed by atoms with van der Waals surface area (Å²) in [6.45, 7) is 3.99. The zero-order valence-electron chi connectivity index (χ0n) is 14.2. The Morgan fingerprint density at radius 3 is 2.19 bits per heavy atom. The highest BCUT2D eigenvalue weighted by Gasteiger charge is 2.19. The summed E-state index contributed by atoms with van der Waals surface area (Å²) in [4.78, 5) is 0. The molecule has 2 fully saturated rings. The molecule has 0 radical (unpaired) electrons. The maximum absolute atomic E-state index is 6.12. The number of ether oxygens (including phenoxy) is 2. The van der Waals surface area contributed by atoms with Crippen molar-refractivity contribution in [3.63, 3.8) is 0 Å². The molecule has 0 N–H and O–H groups in total. The van der Waals surface area contributed by atoms with Crippen LogP contribution in [0, 0.1) is 5.92 Å². The zero-order valence-corrected chi connectivity index (χ0v) is 14.2. The molecule has 0 aromatic heterocycles. The van der Waals surface area contributed by atoms with Crippen molar-refractivity contribution in [2.45, 2.75) is 103 Å². The van der Waals surface area contributed by atoms with Crippen molar-refractivity contribution in [2.24, 2.45) is 5.92 Å². The van der Waals surface area contributed by atoms with Gasteiger partial charge in [-0.05, 0) is 57.8 Å². The normalized spacial score (nSPS) is 29.0. The first-order valence-electron chi connectivity index (χ1n) is 9.61. The SMILES string of the molecule is CCOC1CCCC(CCCOC2CCCCCC2)CC1. The Labute approximate surface area is 132 Å². The van der Waals surface area contributed by atoms with Gasteiger partial charge in [-0.25, -0.2) is 0 Å². The van der Waals surface area contributed by atoms with Gasteiger partial charge in [0.1, 0.15) is 0 Å². The van der Waals surface area contributed by atoms with Crippen molar-refractivity contribution < 1.29 is 9.47 Å². The van der Waals surface area contributed by atoms with Gasteiger partial charge in [0.05, 0.1) is 12.2 Å². The molecular weight excluding hydrogens is 260 g/mol.